The van der Waals surface area contributed by atoms with Crippen LogP contribution in [0.4, 0.5) is 8.78 Å². The van der Waals surface area contributed by atoms with E-state index >= 15 is 0 Å². The molecule has 0 aliphatic carbocycles. The van der Waals surface area contributed by atoms with Crippen molar-refractivity contribution in [1.82, 2.24) is 4.90 Å². The fraction of sp³-hybridized carbons (Fsp3) is 1.00. The van der Waals surface area contributed by atoms with Crippen LogP contribution in [0.25, 0.3) is 0 Å². The average molecular weight is 164 g/mol. The van der Waals surface area contributed by atoms with Crippen molar-refractivity contribution in [3.05, 3.63) is 0 Å². The maximum absolute atomic E-state index is 12.5. The van der Waals surface area contributed by atoms with Crippen molar-refractivity contribution in [3.8, 4) is 0 Å². The van der Waals surface area contributed by atoms with E-state index < -0.39 is 12.0 Å². The van der Waals surface area contributed by atoms with E-state index in [0.717, 1.165) is 13.1 Å². The third kappa shape index (κ3) is 2.38. The summed E-state index contributed by atoms with van der Waals surface area (Å²) in [5.74, 6) is -0.612. The Bertz CT molecular complexity index is 125. The molecule has 1 heterocycles. The van der Waals surface area contributed by atoms with E-state index in [4.69, 9.17) is 5.73 Å². The second-order valence-corrected chi connectivity index (χ2v) is 3.25. The van der Waals surface area contributed by atoms with Gasteiger partial charge in [0.05, 0.1) is 0 Å². The second kappa shape index (κ2) is 3.03. The lowest BCUT2D eigenvalue weighted by Crippen LogP contribution is -2.44. The number of rotatable bonds is 1. The molecule has 0 aromatic heterocycles. The lowest BCUT2D eigenvalue weighted by atomic mass is 9.95. The van der Waals surface area contributed by atoms with Crippen LogP contribution in [0.5, 0.6) is 0 Å². The van der Waals surface area contributed by atoms with Gasteiger partial charge in [-0.3, -0.25) is 5.73 Å². The maximum Gasteiger partial charge on any atom is 0.302 e. The van der Waals surface area contributed by atoms with Gasteiger partial charge in [0.1, 0.15) is 0 Å². The molecule has 0 radical (unpaired) electrons. The van der Waals surface area contributed by atoms with Crippen molar-refractivity contribution in [2.24, 2.45) is 11.7 Å². The monoisotopic (exact) mass is 164 g/mol. The normalized spacial score (nSPS) is 24.0. The summed E-state index contributed by atoms with van der Waals surface area (Å²) in [4.78, 5) is 2.04. The Morgan fingerprint density at radius 2 is 1.82 bits per heavy atom. The van der Waals surface area contributed by atoms with Gasteiger partial charge >= 0.3 is 6.05 Å². The van der Waals surface area contributed by atoms with Crippen molar-refractivity contribution < 1.29 is 8.78 Å². The summed E-state index contributed by atoms with van der Waals surface area (Å²) < 4.78 is 25.0. The lowest BCUT2D eigenvalue weighted by molar-refractivity contribution is -0.0711. The molecule has 2 N–H and O–H groups in total. The minimum Gasteiger partial charge on any atom is -0.306 e. The van der Waals surface area contributed by atoms with Gasteiger partial charge in [-0.2, -0.15) is 8.78 Å². The molecule has 1 aliphatic heterocycles. The molecule has 1 rings (SSSR count). The average Bonchev–Trinajstić information content (AvgIpc) is 1.86. The topological polar surface area (TPSA) is 29.3 Å². The minimum absolute atomic E-state index is 0.514. The number of nitrogens with two attached hydrogens (primary N) is 1. The first-order valence-corrected chi connectivity index (χ1v) is 3.85. The maximum atomic E-state index is 12.5. The first-order valence-electron chi connectivity index (χ1n) is 3.85. The molecule has 0 amide bonds. The Balaban J connectivity index is 2.39. The van der Waals surface area contributed by atoms with Crippen LogP contribution in [0.15, 0.2) is 0 Å². The van der Waals surface area contributed by atoms with E-state index in [2.05, 4.69) is 0 Å². The Morgan fingerprint density at radius 3 is 2.18 bits per heavy atom. The smallest absolute Gasteiger partial charge is 0.302 e. The van der Waals surface area contributed by atoms with Gasteiger partial charge in [0.2, 0.25) is 0 Å². The summed E-state index contributed by atoms with van der Waals surface area (Å²) in [6.07, 6.45) is 1.03. The zero-order chi connectivity index (χ0) is 8.48. The summed E-state index contributed by atoms with van der Waals surface area (Å²) in [5.41, 5.74) is 4.70. The number of hydrogen-bond donors (Lipinski definition) is 1. The van der Waals surface area contributed by atoms with Gasteiger partial charge < -0.3 is 4.90 Å². The fourth-order valence-electron chi connectivity index (χ4n) is 1.39. The Hall–Kier alpha value is -0.220. The minimum atomic E-state index is -2.97. The standard InChI is InChI=1S/C7H14F2N2/c1-11-4-2-6(3-5-11)7(8,9)10/h6H,2-5,10H2,1H3. The number of nitrogens with zero attached hydrogens (tertiary/aromatic N) is 1. The van der Waals surface area contributed by atoms with E-state index in [-0.39, 0.29) is 0 Å². The predicted molar refractivity (Wildman–Crippen MR) is 39.4 cm³/mol. The van der Waals surface area contributed by atoms with Crippen LogP contribution in [0.2, 0.25) is 0 Å². The molecule has 0 bridgehead atoms. The molecule has 0 aromatic carbocycles. The van der Waals surface area contributed by atoms with Gasteiger partial charge in [-0.05, 0) is 33.0 Å². The van der Waals surface area contributed by atoms with Gasteiger partial charge in [-0.15, -0.1) is 0 Å². The highest BCUT2D eigenvalue weighted by Crippen LogP contribution is 2.27. The molecule has 0 aromatic rings. The van der Waals surface area contributed by atoms with E-state index in [1.54, 1.807) is 0 Å². The summed E-state index contributed by atoms with van der Waals surface area (Å²) in [5, 5.41) is 0. The SMILES string of the molecule is CN1CCC(C(N)(F)F)CC1. The summed E-state index contributed by atoms with van der Waals surface area (Å²) in [7, 11) is 1.94. The van der Waals surface area contributed by atoms with E-state index in [1.165, 1.54) is 0 Å². The van der Waals surface area contributed by atoms with Crippen molar-refractivity contribution in [2.75, 3.05) is 20.1 Å². The summed E-state index contributed by atoms with van der Waals surface area (Å²) >= 11 is 0. The molecule has 66 valence electrons. The highest BCUT2D eigenvalue weighted by molar-refractivity contribution is 4.77. The van der Waals surface area contributed by atoms with E-state index in [1.807, 2.05) is 11.9 Å². The van der Waals surface area contributed by atoms with E-state index in [0.29, 0.717) is 12.8 Å². The molecule has 1 aliphatic rings. The molecular formula is C7H14F2N2. The van der Waals surface area contributed by atoms with Crippen LogP contribution in [0, 0.1) is 5.92 Å². The van der Waals surface area contributed by atoms with Gasteiger partial charge in [0, 0.05) is 5.92 Å². The Labute approximate surface area is 65.4 Å². The highest BCUT2D eigenvalue weighted by atomic mass is 19.3. The number of piperidine rings is 1. The third-order valence-corrected chi connectivity index (χ3v) is 2.26. The molecule has 0 saturated carbocycles. The first-order chi connectivity index (χ1) is 5.00. The molecule has 0 spiro atoms. The Kier molecular flexibility index (Phi) is 2.44. The van der Waals surface area contributed by atoms with Crippen LogP contribution in [0.1, 0.15) is 12.8 Å². The van der Waals surface area contributed by atoms with Crippen LogP contribution in [0.3, 0.4) is 0 Å². The molecular weight excluding hydrogens is 150 g/mol. The number of likely N-dealkylation sites (tertiary alicyclic amines) is 1. The highest BCUT2D eigenvalue weighted by Gasteiger charge is 2.36. The Morgan fingerprint density at radius 1 is 1.36 bits per heavy atom. The molecule has 11 heavy (non-hydrogen) atoms. The quantitative estimate of drug-likeness (QED) is 0.583. The predicted octanol–water partition coefficient (Wildman–Crippen LogP) is 0.880. The summed E-state index contributed by atoms with van der Waals surface area (Å²) in [6.45, 7) is 1.47. The lowest BCUT2D eigenvalue weighted by Gasteiger charge is -2.31. The van der Waals surface area contributed by atoms with E-state index in [9.17, 15) is 8.78 Å². The summed E-state index contributed by atoms with van der Waals surface area (Å²) in [6, 6.07) is -2.97. The number of alkyl halides is 2. The van der Waals surface area contributed by atoms with Crippen LogP contribution < -0.4 is 5.73 Å². The molecule has 0 unspecified atom stereocenters. The van der Waals surface area contributed by atoms with Gasteiger partial charge in [-0.1, -0.05) is 0 Å². The fourth-order valence-corrected chi connectivity index (χ4v) is 1.39. The number of halogens is 2. The van der Waals surface area contributed by atoms with Gasteiger partial charge in [0.15, 0.2) is 0 Å². The number of hydrogen-bond acceptors (Lipinski definition) is 2. The molecule has 0 atom stereocenters. The van der Waals surface area contributed by atoms with Crippen molar-refractivity contribution in [2.45, 2.75) is 18.9 Å². The molecule has 1 fully saturated rings. The third-order valence-electron chi connectivity index (χ3n) is 2.26. The zero-order valence-electron chi connectivity index (χ0n) is 6.69. The first kappa shape index (κ1) is 8.87. The van der Waals surface area contributed by atoms with Crippen LogP contribution in [-0.2, 0) is 0 Å². The van der Waals surface area contributed by atoms with Gasteiger partial charge in [-0.25, -0.2) is 0 Å². The molecule has 1 saturated heterocycles. The van der Waals surface area contributed by atoms with Crippen molar-refractivity contribution in [3.63, 3.8) is 0 Å². The van der Waals surface area contributed by atoms with Crippen molar-refractivity contribution in [1.29, 1.82) is 0 Å². The second-order valence-electron chi connectivity index (χ2n) is 3.25. The largest absolute Gasteiger partial charge is 0.306 e. The van der Waals surface area contributed by atoms with Crippen LogP contribution in [-0.4, -0.2) is 31.1 Å². The molecule has 4 heteroatoms. The van der Waals surface area contributed by atoms with Gasteiger partial charge in [0.25, 0.3) is 0 Å². The zero-order valence-corrected chi connectivity index (χ0v) is 6.69. The molecule has 2 nitrogen and oxygen atoms in total. The van der Waals surface area contributed by atoms with Crippen LogP contribution >= 0.6 is 0 Å². The van der Waals surface area contributed by atoms with Crippen molar-refractivity contribution >= 4 is 0 Å².